The maximum atomic E-state index is 6.09. The molecule has 0 atom stereocenters. The fourth-order valence-electron chi connectivity index (χ4n) is 1.49. The molecule has 2 rings (SSSR count). The van der Waals surface area contributed by atoms with E-state index in [9.17, 15) is 0 Å². The predicted molar refractivity (Wildman–Crippen MR) is 75.1 cm³/mol. The van der Waals surface area contributed by atoms with Gasteiger partial charge < -0.3 is 9.47 Å². The van der Waals surface area contributed by atoms with Crippen LogP contribution in [0.2, 0.25) is 5.02 Å². The van der Waals surface area contributed by atoms with Gasteiger partial charge in [-0.1, -0.05) is 23.4 Å². The smallest absolute Gasteiger partial charge is 0.137 e. The van der Waals surface area contributed by atoms with E-state index >= 15 is 0 Å². The van der Waals surface area contributed by atoms with Crippen LogP contribution in [0.5, 0.6) is 11.5 Å². The van der Waals surface area contributed by atoms with Gasteiger partial charge in [-0.15, -0.1) is 0 Å². The van der Waals surface area contributed by atoms with Gasteiger partial charge in [-0.25, -0.2) is 0 Å². The Morgan fingerprint density at radius 1 is 0.889 bits per heavy atom. The number of benzene rings is 2. The van der Waals surface area contributed by atoms with Crippen LogP contribution in [-0.2, 0) is 0 Å². The molecular formula is C14H13ClO2S. The third-order valence-electron chi connectivity index (χ3n) is 2.42. The van der Waals surface area contributed by atoms with E-state index in [4.69, 9.17) is 21.1 Å². The number of methoxy groups -OCH3 is 2. The van der Waals surface area contributed by atoms with E-state index in [1.54, 1.807) is 26.0 Å². The second-order valence-corrected chi connectivity index (χ2v) is 5.13. The van der Waals surface area contributed by atoms with Gasteiger partial charge in [0.25, 0.3) is 0 Å². The first-order valence-corrected chi connectivity index (χ1v) is 6.58. The van der Waals surface area contributed by atoms with Crippen molar-refractivity contribution in [3.05, 3.63) is 47.5 Å². The Hall–Kier alpha value is -1.32. The molecule has 18 heavy (non-hydrogen) atoms. The molecule has 0 N–H and O–H groups in total. The third kappa shape index (κ3) is 3.12. The number of rotatable bonds is 4. The van der Waals surface area contributed by atoms with Crippen molar-refractivity contribution < 1.29 is 9.47 Å². The molecule has 0 aliphatic heterocycles. The summed E-state index contributed by atoms with van der Waals surface area (Å²) in [6.07, 6.45) is 0. The number of ether oxygens (including phenoxy) is 2. The highest BCUT2D eigenvalue weighted by Gasteiger charge is 2.03. The summed E-state index contributed by atoms with van der Waals surface area (Å²) in [7, 11) is 3.27. The summed E-state index contributed by atoms with van der Waals surface area (Å²) in [6.45, 7) is 0. The van der Waals surface area contributed by atoms with Gasteiger partial charge in [0.2, 0.25) is 0 Å². The average Bonchev–Trinajstić information content (AvgIpc) is 2.40. The molecule has 2 nitrogen and oxygen atoms in total. The predicted octanol–water partition coefficient (Wildman–Crippen LogP) is 4.51. The zero-order chi connectivity index (χ0) is 13.0. The Morgan fingerprint density at radius 3 is 2.11 bits per heavy atom. The maximum absolute atomic E-state index is 6.09. The van der Waals surface area contributed by atoms with E-state index in [1.165, 1.54) is 0 Å². The fraction of sp³-hybridized carbons (Fsp3) is 0.143. The molecule has 0 saturated carbocycles. The van der Waals surface area contributed by atoms with Gasteiger partial charge in [-0.05, 0) is 42.5 Å². The number of hydrogen-bond acceptors (Lipinski definition) is 3. The van der Waals surface area contributed by atoms with Crippen molar-refractivity contribution in [3.63, 3.8) is 0 Å². The van der Waals surface area contributed by atoms with Crippen molar-refractivity contribution in [2.45, 2.75) is 9.79 Å². The van der Waals surface area contributed by atoms with Crippen molar-refractivity contribution >= 4 is 23.4 Å². The van der Waals surface area contributed by atoms with Gasteiger partial charge in [-0.3, -0.25) is 0 Å². The van der Waals surface area contributed by atoms with E-state index in [-0.39, 0.29) is 0 Å². The second-order valence-electron chi connectivity index (χ2n) is 3.57. The van der Waals surface area contributed by atoms with E-state index in [1.807, 2.05) is 42.5 Å². The topological polar surface area (TPSA) is 18.5 Å². The normalized spacial score (nSPS) is 10.2. The lowest BCUT2D eigenvalue weighted by atomic mass is 10.3. The Labute approximate surface area is 116 Å². The highest BCUT2D eigenvalue weighted by atomic mass is 35.5. The molecule has 0 bridgehead atoms. The minimum Gasteiger partial charge on any atom is -0.497 e. The molecule has 0 aliphatic carbocycles. The van der Waals surface area contributed by atoms with Crippen molar-refractivity contribution in [1.29, 1.82) is 0 Å². The highest BCUT2D eigenvalue weighted by Crippen LogP contribution is 2.34. The average molecular weight is 281 g/mol. The van der Waals surface area contributed by atoms with E-state index in [0.717, 1.165) is 15.5 Å². The van der Waals surface area contributed by atoms with Crippen LogP contribution in [0.4, 0.5) is 0 Å². The van der Waals surface area contributed by atoms with E-state index < -0.39 is 0 Å². The summed E-state index contributed by atoms with van der Waals surface area (Å²) < 4.78 is 10.2. The summed E-state index contributed by atoms with van der Waals surface area (Å²) in [5.74, 6) is 1.54. The molecule has 0 aliphatic rings. The molecule has 4 heteroatoms. The van der Waals surface area contributed by atoms with Crippen molar-refractivity contribution in [3.8, 4) is 11.5 Å². The summed E-state index contributed by atoms with van der Waals surface area (Å²) in [5.41, 5.74) is 0. The molecule has 0 unspecified atom stereocenters. The standard InChI is InChI=1S/C14H13ClO2S/c1-16-10-3-5-11(6-4-10)18-12-7-8-14(17-2)13(15)9-12/h3-9H,1-2H3. The Morgan fingerprint density at radius 2 is 1.56 bits per heavy atom. The van der Waals surface area contributed by atoms with Gasteiger partial charge in [0.05, 0.1) is 19.2 Å². The lowest BCUT2D eigenvalue weighted by Gasteiger charge is -2.06. The van der Waals surface area contributed by atoms with Crippen molar-refractivity contribution in [2.24, 2.45) is 0 Å². The molecule has 0 saturated heterocycles. The zero-order valence-electron chi connectivity index (χ0n) is 10.1. The lowest BCUT2D eigenvalue weighted by molar-refractivity contribution is 0.414. The van der Waals surface area contributed by atoms with Crippen molar-refractivity contribution in [1.82, 2.24) is 0 Å². The first-order chi connectivity index (χ1) is 8.72. The first-order valence-electron chi connectivity index (χ1n) is 5.38. The minimum absolute atomic E-state index is 0.621. The van der Waals surface area contributed by atoms with Gasteiger partial charge >= 0.3 is 0 Å². The van der Waals surface area contributed by atoms with Gasteiger partial charge in [0.1, 0.15) is 11.5 Å². The lowest BCUT2D eigenvalue weighted by Crippen LogP contribution is -1.84. The van der Waals surface area contributed by atoms with Crippen LogP contribution in [0.1, 0.15) is 0 Å². The summed E-state index contributed by atoms with van der Waals surface area (Å²) >= 11 is 7.73. The summed E-state index contributed by atoms with van der Waals surface area (Å²) in [4.78, 5) is 2.21. The third-order valence-corrected chi connectivity index (χ3v) is 3.71. The molecule has 0 heterocycles. The van der Waals surface area contributed by atoms with Crippen LogP contribution >= 0.6 is 23.4 Å². The highest BCUT2D eigenvalue weighted by molar-refractivity contribution is 7.99. The fourth-order valence-corrected chi connectivity index (χ4v) is 2.67. The Kier molecular flexibility index (Phi) is 4.39. The minimum atomic E-state index is 0.621. The van der Waals surface area contributed by atoms with Crippen LogP contribution < -0.4 is 9.47 Å². The second kappa shape index (κ2) is 6.03. The molecular weight excluding hydrogens is 268 g/mol. The van der Waals surface area contributed by atoms with Crippen LogP contribution in [0.15, 0.2) is 52.3 Å². The van der Waals surface area contributed by atoms with Gasteiger partial charge in [0.15, 0.2) is 0 Å². The monoisotopic (exact) mass is 280 g/mol. The van der Waals surface area contributed by atoms with E-state index in [0.29, 0.717) is 10.8 Å². The summed E-state index contributed by atoms with van der Waals surface area (Å²) in [6, 6.07) is 13.7. The molecule has 2 aromatic carbocycles. The van der Waals surface area contributed by atoms with Crippen molar-refractivity contribution in [2.75, 3.05) is 14.2 Å². The van der Waals surface area contributed by atoms with Gasteiger partial charge in [-0.2, -0.15) is 0 Å². The number of halogens is 1. The first kappa shape index (κ1) is 13.1. The largest absolute Gasteiger partial charge is 0.497 e. The maximum Gasteiger partial charge on any atom is 0.137 e. The molecule has 2 aromatic rings. The SMILES string of the molecule is COc1ccc(Sc2ccc(OC)c(Cl)c2)cc1. The molecule has 0 spiro atoms. The van der Waals surface area contributed by atoms with Crippen LogP contribution in [0.3, 0.4) is 0 Å². The molecule has 0 fully saturated rings. The Bertz CT molecular complexity index is 526. The van der Waals surface area contributed by atoms with Crippen LogP contribution in [-0.4, -0.2) is 14.2 Å². The van der Waals surface area contributed by atoms with Crippen LogP contribution in [0.25, 0.3) is 0 Å². The molecule has 94 valence electrons. The Balaban J connectivity index is 2.15. The van der Waals surface area contributed by atoms with Crippen LogP contribution in [0, 0.1) is 0 Å². The van der Waals surface area contributed by atoms with E-state index in [2.05, 4.69) is 0 Å². The zero-order valence-corrected chi connectivity index (χ0v) is 11.7. The number of hydrogen-bond donors (Lipinski definition) is 0. The molecule has 0 amide bonds. The summed E-state index contributed by atoms with van der Waals surface area (Å²) in [5, 5.41) is 0.621. The molecule has 0 aromatic heterocycles. The molecule has 0 radical (unpaired) electrons. The quantitative estimate of drug-likeness (QED) is 0.821. The van der Waals surface area contributed by atoms with Gasteiger partial charge in [0, 0.05) is 9.79 Å².